The van der Waals surface area contributed by atoms with Crippen LogP contribution in [0.1, 0.15) is 37.0 Å². The van der Waals surface area contributed by atoms with Gasteiger partial charge in [0.1, 0.15) is 0 Å². The molecule has 1 aromatic carbocycles. The van der Waals surface area contributed by atoms with Crippen molar-refractivity contribution in [2.24, 2.45) is 22.2 Å². The highest BCUT2D eigenvalue weighted by Crippen LogP contribution is 2.22. The molecule has 138 valence electrons. The molecule has 2 rings (SSSR count). The lowest BCUT2D eigenvalue weighted by molar-refractivity contribution is -0.121. The third-order valence-electron chi connectivity index (χ3n) is 4.27. The number of carbonyl (C=O) groups excluding carboxylic acids is 2. The molecule has 0 aliphatic rings. The van der Waals surface area contributed by atoms with Crippen molar-refractivity contribution in [1.29, 1.82) is 0 Å². The quantitative estimate of drug-likeness (QED) is 0.456. The molecule has 0 saturated carbocycles. The minimum absolute atomic E-state index is 0.246. The molecule has 0 saturated heterocycles. The average molecular weight is 356 g/mol. The molecule has 8 nitrogen and oxygen atoms in total. The van der Waals surface area contributed by atoms with Crippen LogP contribution in [-0.4, -0.2) is 27.9 Å². The minimum Gasteiger partial charge on any atom is -0.370 e. The molecule has 0 atom stereocenters. The van der Waals surface area contributed by atoms with Gasteiger partial charge in [-0.2, -0.15) is 4.99 Å². The second-order valence-electron chi connectivity index (χ2n) is 6.02. The smallest absolute Gasteiger partial charge is 0.280 e. The summed E-state index contributed by atoms with van der Waals surface area (Å²) in [6.07, 6.45) is 4.63. The molecule has 1 heterocycles. The number of anilines is 1. The summed E-state index contributed by atoms with van der Waals surface area (Å²) in [6.45, 7) is 3.71. The summed E-state index contributed by atoms with van der Waals surface area (Å²) in [6, 6.07) is 8.60. The van der Waals surface area contributed by atoms with Gasteiger partial charge >= 0.3 is 0 Å². The summed E-state index contributed by atoms with van der Waals surface area (Å²) >= 11 is 0. The number of benzene rings is 1. The molecule has 0 aliphatic carbocycles. The van der Waals surface area contributed by atoms with E-state index in [9.17, 15) is 9.59 Å². The Kier molecular flexibility index (Phi) is 5.78. The Labute approximate surface area is 152 Å². The van der Waals surface area contributed by atoms with Gasteiger partial charge in [-0.15, -0.1) is 0 Å². The van der Waals surface area contributed by atoms with Crippen LogP contribution in [0.15, 0.2) is 47.7 Å². The Morgan fingerprint density at radius 1 is 1.12 bits per heavy atom. The fourth-order valence-corrected chi connectivity index (χ4v) is 2.47. The van der Waals surface area contributed by atoms with Crippen LogP contribution in [0.5, 0.6) is 0 Å². The van der Waals surface area contributed by atoms with Crippen molar-refractivity contribution in [3.8, 4) is 5.69 Å². The zero-order valence-corrected chi connectivity index (χ0v) is 14.9. The van der Waals surface area contributed by atoms with Gasteiger partial charge in [0.15, 0.2) is 5.96 Å². The standard InChI is InChI=1S/C18H24N6O2/c1-3-18(21,4-2)16(26)22-13-9-12(15(25)23-17(19)20)10-14(11-13)24-7-5-6-8-24/h5-11H,3-4,21H2,1-2H3,(H,22,26)(H4,19,20,23,25). The summed E-state index contributed by atoms with van der Waals surface area (Å²) in [7, 11) is 0. The Morgan fingerprint density at radius 3 is 2.27 bits per heavy atom. The topological polar surface area (TPSA) is 142 Å². The minimum atomic E-state index is -0.979. The van der Waals surface area contributed by atoms with Gasteiger partial charge in [0.05, 0.1) is 5.54 Å². The first-order chi connectivity index (χ1) is 12.3. The van der Waals surface area contributed by atoms with E-state index < -0.39 is 11.4 Å². The predicted octanol–water partition coefficient (Wildman–Crippen LogP) is 1.35. The van der Waals surface area contributed by atoms with Crippen LogP contribution in [0.4, 0.5) is 5.69 Å². The molecular weight excluding hydrogens is 332 g/mol. The lowest BCUT2D eigenvalue weighted by Gasteiger charge is -2.25. The van der Waals surface area contributed by atoms with Crippen LogP contribution in [-0.2, 0) is 4.79 Å². The van der Waals surface area contributed by atoms with Crippen molar-refractivity contribution < 1.29 is 9.59 Å². The van der Waals surface area contributed by atoms with E-state index in [2.05, 4.69) is 10.3 Å². The van der Waals surface area contributed by atoms with Gasteiger partial charge in [-0.1, -0.05) is 13.8 Å². The maximum Gasteiger partial charge on any atom is 0.280 e. The lowest BCUT2D eigenvalue weighted by atomic mass is 9.93. The number of hydrogen-bond donors (Lipinski definition) is 4. The number of nitrogens with one attached hydrogen (secondary N) is 1. The summed E-state index contributed by atoms with van der Waals surface area (Å²) in [5.74, 6) is -1.24. The fraction of sp³-hybridized carbons (Fsp3) is 0.278. The number of hydrogen-bond acceptors (Lipinski definition) is 3. The van der Waals surface area contributed by atoms with Crippen LogP contribution >= 0.6 is 0 Å². The second-order valence-corrected chi connectivity index (χ2v) is 6.02. The van der Waals surface area contributed by atoms with E-state index in [4.69, 9.17) is 17.2 Å². The molecular formula is C18H24N6O2. The van der Waals surface area contributed by atoms with Gasteiger partial charge in [-0.05, 0) is 43.2 Å². The van der Waals surface area contributed by atoms with E-state index >= 15 is 0 Å². The number of guanidine groups is 1. The van der Waals surface area contributed by atoms with Crippen molar-refractivity contribution in [1.82, 2.24) is 4.57 Å². The highest BCUT2D eigenvalue weighted by atomic mass is 16.2. The Hall–Kier alpha value is -3.13. The summed E-state index contributed by atoms with van der Waals surface area (Å²) < 4.78 is 1.80. The molecule has 0 spiro atoms. The molecule has 7 N–H and O–H groups in total. The lowest BCUT2D eigenvalue weighted by Crippen LogP contribution is -2.50. The molecule has 0 bridgehead atoms. The van der Waals surface area contributed by atoms with E-state index in [-0.39, 0.29) is 17.4 Å². The molecule has 26 heavy (non-hydrogen) atoms. The zero-order chi connectivity index (χ0) is 19.3. The summed E-state index contributed by atoms with van der Waals surface area (Å²) in [4.78, 5) is 28.3. The predicted molar refractivity (Wildman–Crippen MR) is 102 cm³/mol. The highest BCUT2D eigenvalue weighted by molar-refractivity contribution is 6.04. The number of nitrogens with zero attached hydrogens (tertiary/aromatic N) is 2. The fourth-order valence-electron chi connectivity index (χ4n) is 2.47. The third-order valence-corrected chi connectivity index (χ3v) is 4.27. The first kappa shape index (κ1) is 19.2. The molecule has 0 aliphatic heterocycles. The largest absolute Gasteiger partial charge is 0.370 e. The van der Waals surface area contributed by atoms with Crippen LogP contribution < -0.4 is 22.5 Å². The van der Waals surface area contributed by atoms with Gasteiger partial charge in [0, 0.05) is 29.3 Å². The number of rotatable bonds is 6. The average Bonchev–Trinajstić information content (AvgIpc) is 3.14. The molecule has 2 aromatic rings. The number of amides is 2. The van der Waals surface area contributed by atoms with Crippen LogP contribution in [0.3, 0.4) is 0 Å². The van der Waals surface area contributed by atoms with Crippen LogP contribution in [0.2, 0.25) is 0 Å². The van der Waals surface area contributed by atoms with E-state index in [0.717, 1.165) is 0 Å². The number of carbonyl (C=O) groups is 2. The molecule has 1 aromatic heterocycles. The molecule has 0 radical (unpaired) electrons. The van der Waals surface area contributed by atoms with E-state index in [1.165, 1.54) is 6.07 Å². The second kappa shape index (κ2) is 7.83. The number of aromatic nitrogens is 1. The number of aliphatic imine (C=N–C) groups is 1. The Morgan fingerprint density at radius 2 is 1.73 bits per heavy atom. The van der Waals surface area contributed by atoms with E-state index in [1.807, 2.05) is 38.4 Å². The van der Waals surface area contributed by atoms with Crippen molar-refractivity contribution in [2.75, 3.05) is 5.32 Å². The van der Waals surface area contributed by atoms with Crippen molar-refractivity contribution >= 4 is 23.5 Å². The van der Waals surface area contributed by atoms with Gasteiger partial charge in [-0.3, -0.25) is 9.59 Å². The first-order valence-electron chi connectivity index (χ1n) is 8.31. The van der Waals surface area contributed by atoms with Gasteiger partial charge < -0.3 is 27.1 Å². The third kappa shape index (κ3) is 4.28. The normalized spacial score (nSPS) is 11.0. The zero-order valence-electron chi connectivity index (χ0n) is 14.9. The Bertz CT molecular complexity index is 818. The molecule has 8 heteroatoms. The summed E-state index contributed by atoms with van der Waals surface area (Å²) in [5, 5.41) is 2.79. The van der Waals surface area contributed by atoms with Gasteiger partial charge in [-0.25, -0.2) is 0 Å². The molecule has 0 fully saturated rings. The van der Waals surface area contributed by atoms with Crippen LogP contribution in [0.25, 0.3) is 5.69 Å². The Balaban J connectivity index is 2.45. The van der Waals surface area contributed by atoms with Crippen molar-refractivity contribution in [3.63, 3.8) is 0 Å². The number of nitrogens with two attached hydrogens (primary N) is 3. The van der Waals surface area contributed by atoms with E-state index in [0.29, 0.717) is 24.2 Å². The first-order valence-corrected chi connectivity index (χ1v) is 8.31. The monoisotopic (exact) mass is 356 g/mol. The highest BCUT2D eigenvalue weighted by Gasteiger charge is 2.30. The molecule has 0 unspecified atom stereocenters. The summed E-state index contributed by atoms with van der Waals surface area (Å²) in [5.41, 5.74) is 17.1. The SMILES string of the molecule is CCC(N)(CC)C(=O)Nc1cc(C(=O)N=C(N)N)cc(-n2cccc2)c1. The van der Waals surface area contributed by atoms with Crippen LogP contribution in [0, 0.1) is 0 Å². The van der Waals surface area contributed by atoms with Crippen molar-refractivity contribution in [3.05, 3.63) is 48.3 Å². The maximum atomic E-state index is 12.6. The van der Waals surface area contributed by atoms with E-state index in [1.54, 1.807) is 16.7 Å². The van der Waals surface area contributed by atoms with Gasteiger partial charge in [0.25, 0.3) is 5.91 Å². The maximum absolute atomic E-state index is 12.6. The van der Waals surface area contributed by atoms with Gasteiger partial charge in [0.2, 0.25) is 5.91 Å². The van der Waals surface area contributed by atoms with Crippen molar-refractivity contribution in [2.45, 2.75) is 32.2 Å². The molecule has 2 amide bonds.